The summed E-state index contributed by atoms with van der Waals surface area (Å²) in [5, 5.41) is 8.47. The number of thioether (sulfide) groups is 1. The minimum Gasteiger partial charge on any atom is -0.396 e. The first-order valence-electron chi connectivity index (χ1n) is 5.53. The Morgan fingerprint density at radius 2 is 2.38 bits per heavy atom. The van der Waals surface area contributed by atoms with E-state index < -0.39 is 0 Å². The van der Waals surface area contributed by atoms with E-state index in [1.807, 2.05) is 34.5 Å². The molecule has 1 aliphatic rings. The summed E-state index contributed by atoms with van der Waals surface area (Å²) in [6.45, 7) is 0. The van der Waals surface area contributed by atoms with Crippen molar-refractivity contribution in [1.82, 2.24) is 14.6 Å². The van der Waals surface area contributed by atoms with E-state index in [9.17, 15) is 0 Å². The van der Waals surface area contributed by atoms with Crippen LogP contribution in [-0.2, 0) is 0 Å². The first-order valence-corrected chi connectivity index (χ1v) is 6.68. The predicted molar refractivity (Wildman–Crippen MR) is 66.7 cm³/mol. The van der Waals surface area contributed by atoms with Crippen LogP contribution in [0.2, 0.25) is 0 Å². The molecular formula is C11H14N4S. The standard InChI is InChI=1S/C11H14N4S/c12-9-4-1-5-15-10(13-14-11(9)15)8-3-2-6-16-7-8/h1,4-5,8H,2-3,6-7,12H2. The normalized spacial score (nSPS) is 21.4. The van der Waals surface area contributed by atoms with Crippen molar-refractivity contribution in [1.29, 1.82) is 0 Å². The lowest BCUT2D eigenvalue weighted by Gasteiger charge is -2.19. The first-order chi connectivity index (χ1) is 7.86. The van der Waals surface area contributed by atoms with Crippen molar-refractivity contribution in [2.75, 3.05) is 17.2 Å². The van der Waals surface area contributed by atoms with Gasteiger partial charge in [0.2, 0.25) is 0 Å². The molecule has 2 N–H and O–H groups in total. The van der Waals surface area contributed by atoms with E-state index >= 15 is 0 Å². The van der Waals surface area contributed by atoms with Crippen molar-refractivity contribution in [2.45, 2.75) is 18.8 Å². The van der Waals surface area contributed by atoms with Gasteiger partial charge < -0.3 is 5.73 Å². The summed E-state index contributed by atoms with van der Waals surface area (Å²) in [6, 6.07) is 3.81. The van der Waals surface area contributed by atoms with Gasteiger partial charge in [-0.2, -0.15) is 11.8 Å². The minimum absolute atomic E-state index is 0.524. The summed E-state index contributed by atoms with van der Waals surface area (Å²) in [6.07, 6.45) is 4.48. The van der Waals surface area contributed by atoms with Crippen LogP contribution in [0.4, 0.5) is 5.69 Å². The molecule has 4 nitrogen and oxygen atoms in total. The molecular weight excluding hydrogens is 220 g/mol. The summed E-state index contributed by atoms with van der Waals surface area (Å²) in [5.41, 5.74) is 7.35. The highest BCUT2D eigenvalue weighted by Gasteiger charge is 2.21. The molecule has 1 unspecified atom stereocenters. The average molecular weight is 234 g/mol. The molecule has 84 valence electrons. The molecule has 3 heterocycles. The van der Waals surface area contributed by atoms with E-state index in [2.05, 4.69) is 10.2 Å². The van der Waals surface area contributed by atoms with Crippen LogP contribution in [0.15, 0.2) is 18.3 Å². The van der Waals surface area contributed by atoms with Gasteiger partial charge in [-0.1, -0.05) is 0 Å². The number of nitrogens with zero attached hydrogens (tertiary/aromatic N) is 3. The second kappa shape index (κ2) is 3.97. The fourth-order valence-corrected chi connectivity index (χ4v) is 3.31. The second-order valence-electron chi connectivity index (χ2n) is 4.13. The molecule has 2 aromatic heterocycles. The number of hydrogen-bond donors (Lipinski definition) is 1. The Bertz CT molecular complexity index is 502. The Morgan fingerprint density at radius 1 is 1.44 bits per heavy atom. The van der Waals surface area contributed by atoms with E-state index in [1.165, 1.54) is 18.6 Å². The second-order valence-corrected chi connectivity index (χ2v) is 5.28. The fraction of sp³-hybridized carbons (Fsp3) is 0.455. The maximum atomic E-state index is 5.87. The monoisotopic (exact) mass is 234 g/mol. The molecule has 1 saturated heterocycles. The Hall–Kier alpha value is -1.23. The summed E-state index contributed by atoms with van der Waals surface area (Å²) in [7, 11) is 0. The van der Waals surface area contributed by atoms with Gasteiger partial charge in [0.25, 0.3) is 0 Å². The number of nitrogens with two attached hydrogens (primary N) is 1. The first kappa shape index (κ1) is 9.96. The Labute approximate surface area is 98.2 Å². The molecule has 1 fully saturated rings. The van der Waals surface area contributed by atoms with E-state index in [0.29, 0.717) is 11.6 Å². The highest BCUT2D eigenvalue weighted by molar-refractivity contribution is 7.99. The van der Waals surface area contributed by atoms with Gasteiger partial charge in [-0.05, 0) is 30.7 Å². The molecule has 1 aliphatic heterocycles. The number of aromatic nitrogens is 3. The SMILES string of the molecule is Nc1cccn2c(C3CCCSC3)nnc12. The third-order valence-electron chi connectivity index (χ3n) is 3.02. The molecule has 0 saturated carbocycles. The average Bonchev–Trinajstić information content (AvgIpc) is 2.75. The van der Waals surface area contributed by atoms with Crippen molar-refractivity contribution >= 4 is 23.1 Å². The number of rotatable bonds is 1. The van der Waals surface area contributed by atoms with Crippen molar-refractivity contribution < 1.29 is 0 Å². The molecule has 2 aromatic rings. The molecule has 3 rings (SSSR count). The minimum atomic E-state index is 0.524. The molecule has 0 spiro atoms. The number of nitrogen functional groups attached to an aromatic ring is 1. The van der Waals surface area contributed by atoms with Gasteiger partial charge in [-0.15, -0.1) is 10.2 Å². The lowest BCUT2D eigenvalue weighted by molar-refractivity contribution is 0.617. The van der Waals surface area contributed by atoms with Crippen molar-refractivity contribution in [3.63, 3.8) is 0 Å². The maximum Gasteiger partial charge on any atom is 0.183 e. The highest BCUT2D eigenvalue weighted by Crippen LogP contribution is 2.30. The molecule has 0 aromatic carbocycles. The number of fused-ring (bicyclic) bond motifs is 1. The molecule has 16 heavy (non-hydrogen) atoms. The van der Waals surface area contributed by atoms with Crippen molar-refractivity contribution in [2.24, 2.45) is 0 Å². The van der Waals surface area contributed by atoms with Gasteiger partial charge in [0, 0.05) is 17.9 Å². The van der Waals surface area contributed by atoms with Gasteiger partial charge in [0.1, 0.15) is 5.82 Å². The fourth-order valence-electron chi connectivity index (χ4n) is 2.18. The molecule has 1 atom stereocenters. The summed E-state index contributed by atoms with van der Waals surface area (Å²) >= 11 is 2.00. The van der Waals surface area contributed by atoms with Crippen LogP contribution in [0.5, 0.6) is 0 Å². The van der Waals surface area contributed by atoms with Gasteiger partial charge in [0.05, 0.1) is 5.69 Å². The number of hydrogen-bond acceptors (Lipinski definition) is 4. The van der Waals surface area contributed by atoms with Crippen LogP contribution in [0.1, 0.15) is 24.6 Å². The topological polar surface area (TPSA) is 56.2 Å². The summed E-state index contributed by atoms with van der Waals surface area (Å²) < 4.78 is 2.03. The Balaban J connectivity index is 2.06. The number of pyridine rings is 1. The van der Waals surface area contributed by atoms with Gasteiger partial charge in [-0.25, -0.2) is 0 Å². The highest BCUT2D eigenvalue weighted by atomic mass is 32.2. The quantitative estimate of drug-likeness (QED) is 0.819. The van der Waals surface area contributed by atoms with Crippen LogP contribution in [0, 0.1) is 0 Å². The van der Waals surface area contributed by atoms with E-state index in [4.69, 9.17) is 5.73 Å². The van der Waals surface area contributed by atoms with Crippen LogP contribution in [0.25, 0.3) is 5.65 Å². The largest absolute Gasteiger partial charge is 0.396 e. The maximum absolute atomic E-state index is 5.87. The Morgan fingerprint density at radius 3 is 3.19 bits per heavy atom. The van der Waals surface area contributed by atoms with Crippen LogP contribution in [-0.4, -0.2) is 26.1 Å². The van der Waals surface area contributed by atoms with Crippen molar-refractivity contribution in [3.8, 4) is 0 Å². The van der Waals surface area contributed by atoms with Crippen LogP contribution >= 0.6 is 11.8 Å². The van der Waals surface area contributed by atoms with Gasteiger partial charge >= 0.3 is 0 Å². The van der Waals surface area contributed by atoms with Crippen LogP contribution in [0.3, 0.4) is 0 Å². The Kier molecular flexibility index (Phi) is 2.47. The van der Waals surface area contributed by atoms with Crippen molar-refractivity contribution in [3.05, 3.63) is 24.2 Å². The molecule has 0 bridgehead atoms. The van der Waals surface area contributed by atoms with Gasteiger partial charge in [0.15, 0.2) is 5.65 Å². The third kappa shape index (κ3) is 1.55. The van der Waals surface area contributed by atoms with E-state index in [1.54, 1.807) is 0 Å². The lowest BCUT2D eigenvalue weighted by Crippen LogP contribution is -2.12. The lowest BCUT2D eigenvalue weighted by atomic mass is 10.1. The van der Waals surface area contributed by atoms with Gasteiger partial charge in [-0.3, -0.25) is 4.40 Å². The zero-order chi connectivity index (χ0) is 11.0. The molecule has 5 heteroatoms. The summed E-state index contributed by atoms with van der Waals surface area (Å²) in [5.74, 6) is 4.01. The molecule has 0 radical (unpaired) electrons. The van der Waals surface area contributed by atoms with E-state index in [-0.39, 0.29) is 0 Å². The zero-order valence-electron chi connectivity index (χ0n) is 8.97. The predicted octanol–water partition coefficient (Wildman–Crippen LogP) is 1.92. The smallest absolute Gasteiger partial charge is 0.183 e. The zero-order valence-corrected chi connectivity index (χ0v) is 9.78. The molecule has 0 amide bonds. The third-order valence-corrected chi connectivity index (χ3v) is 4.23. The summed E-state index contributed by atoms with van der Waals surface area (Å²) in [4.78, 5) is 0. The number of anilines is 1. The molecule has 0 aliphatic carbocycles. The van der Waals surface area contributed by atoms with E-state index in [0.717, 1.165) is 17.2 Å². The van der Waals surface area contributed by atoms with Crippen LogP contribution < -0.4 is 5.73 Å².